The van der Waals surface area contributed by atoms with Crippen LogP contribution in [0.2, 0.25) is 0 Å². The molecule has 4 heteroatoms. The largest absolute Gasteiger partial charge is 0.490 e. The lowest BCUT2D eigenvalue weighted by atomic mass is 9.80. The Hall–Kier alpha value is -2.07. The molecule has 2 aromatic rings. The molecule has 0 radical (unpaired) electrons. The summed E-state index contributed by atoms with van der Waals surface area (Å²) in [6.07, 6.45) is 6.69. The summed E-state index contributed by atoms with van der Waals surface area (Å²) in [5.74, 6) is 1.81. The maximum atomic E-state index is 11.2. The lowest BCUT2D eigenvalue weighted by Crippen LogP contribution is -2.35. The molecule has 0 aromatic heterocycles. The van der Waals surface area contributed by atoms with Crippen LogP contribution in [0, 0.1) is 17.8 Å². The molecule has 1 saturated carbocycles. The minimum Gasteiger partial charge on any atom is -0.490 e. The van der Waals surface area contributed by atoms with Crippen molar-refractivity contribution in [3.8, 4) is 5.75 Å². The SMILES string of the molecule is CC(C)C1CCC(Oc2cccc3cc(CN4CCC(C(=O)O)CC4)ccc23)CC1. The Morgan fingerprint density at radius 2 is 1.80 bits per heavy atom. The zero-order valence-electron chi connectivity index (χ0n) is 18.3. The molecule has 2 aromatic carbocycles. The van der Waals surface area contributed by atoms with E-state index in [2.05, 4.69) is 55.1 Å². The molecule has 4 rings (SSSR count). The normalized spacial score (nSPS) is 23.7. The van der Waals surface area contributed by atoms with Crippen molar-refractivity contribution in [3.63, 3.8) is 0 Å². The monoisotopic (exact) mass is 409 g/mol. The first kappa shape index (κ1) is 21.2. The van der Waals surface area contributed by atoms with E-state index in [9.17, 15) is 9.90 Å². The Bertz CT molecular complexity index is 862. The standard InChI is InChI=1S/C26H35NO3/c1-18(2)20-7-9-23(10-8-20)30-25-5-3-4-22-16-19(6-11-24(22)25)17-27-14-12-21(13-15-27)26(28)29/h3-6,11,16,18,20-21,23H,7-10,12-15,17H2,1-2H3,(H,28,29). The van der Waals surface area contributed by atoms with E-state index < -0.39 is 5.97 Å². The van der Waals surface area contributed by atoms with E-state index in [4.69, 9.17) is 4.74 Å². The molecule has 1 aliphatic carbocycles. The van der Waals surface area contributed by atoms with Gasteiger partial charge in [0.2, 0.25) is 0 Å². The number of aliphatic carboxylic acids is 1. The fraction of sp³-hybridized carbons (Fsp3) is 0.577. The molecule has 162 valence electrons. The number of ether oxygens (including phenoxy) is 1. The van der Waals surface area contributed by atoms with Crippen LogP contribution in [-0.4, -0.2) is 35.2 Å². The Balaban J connectivity index is 1.39. The Morgan fingerprint density at radius 3 is 2.47 bits per heavy atom. The van der Waals surface area contributed by atoms with Gasteiger partial charge in [-0.25, -0.2) is 0 Å². The van der Waals surface area contributed by atoms with E-state index in [1.54, 1.807) is 0 Å². The molecule has 0 spiro atoms. The maximum Gasteiger partial charge on any atom is 0.306 e. The van der Waals surface area contributed by atoms with Crippen LogP contribution in [0.4, 0.5) is 0 Å². The van der Waals surface area contributed by atoms with Gasteiger partial charge >= 0.3 is 5.97 Å². The van der Waals surface area contributed by atoms with E-state index in [1.807, 2.05) is 0 Å². The van der Waals surface area contributed by atoms with Gasteiger partial charge in [-0.05, 0) is 86.5 Å². The predicted octanol–water partition coefficient (Wildman–Crippen LogP) is 5.73. The number of fused-ring (bicyclic) bond motifs is 1. The van der Waals surface area contributed by atoms with Crippen LogP contribution in [0.5, 0.6) is 5.75 Å². The summed E-state index contributed by atoms with van der Waals surface area (Å²) in [4.78, 5) is 13.5. The molecule has 0 atom stereocenters. The van der Waals surface area contributed by atoms with Crippen LogP contribution in [0.15, 0.2) is 36.4 Å². The summed E-state index contributed by atoms with van der Waals surface area (Å²) in [7, 11) is 0. The van der Waals surface area contributed by atoms with Crippen LogP contribution >= 0.6 is 0 Å². The summed E-state index contributed by atoms with van der Waals surface area (Å²) in [6, 6.07) is 13.0. The summed E-state index contributed by atoms with van der Waals surface area (Å²) >= 11 is 0. The predicted molar refractivity (Wildman–Crippen MR) is 121 cm³/mol. The molecule has 1 saturated heterocycles. The van der Waals surface area contributed by atoms with E-state index in [0.29, 0.717) is 6.10 Å². The van der Waals surface area contributed by atoms with Crippen LogP contribution in [0.3, 0.4) is 0 Å². The molecular weight excluding hydrogens is 374 g/mol. The second-order valence-electron chi connectivity index (χ2n) is 9.60. The lowest BCUT2D eigenvalue weighted by Gasteiger charge is -2.31. The number of carboxylic acids is 1. The summed E-state index contributed by atoms with van der Waals surface area (Å²) in [6.45, 7) is 7.27. The lowest BCUT2D eigenvalue weighted by molar-refractivity contribution is -0.143. The van der Waals surface area contributed by atoms with Gasteiger partial charge < -0.3 is 9.84 Å². The molecule has 0 amide bonds. The average molecular weight is 410 g/mol. The first-order valence-electron chi connectivity index (χ1n) is 11.6. The van der Waals surface area contributed by atoms with Gasteiger partial charge in [-0.1, -0.05) is 38.1 Å². The molecule has 2 aliphatic rings. The van der Waals surface area contributed by atoms with Gasteiger partial charge in [-0.2, -0.15) is 0 Å². The number of carboxylic acid groups (broad SMARTS) is 1. The van der Waals surface area contributed by atoms with Gasteiger partial charge in [-0.3, -0.25) is 9.69 Å². The third-order valence-corrected chi connectivity index (χ3v) is 7.20. The molecule has 1 N–H and O–H groups in total. The van der Waals surface area contributed by atoms with Gasteiger partial charge in [0.05, 0.1) is 12.0 Å². The maximum absolute atomic E-state index is 11.2. The number of rotatable bonds is 6. The van der Waals surface area contributed by atoms with Crippen molar-refractivity contribution in [1.82, 2.24) is 4.90 Å². The highest BCUT2D eigenvalue weighted by Crippen LogP contribution is 2.34. The van der Waals surface area contributed by atoms with Gasteiger partial charge in [0.15, 0.2) is 0 Å². The van der Waals surface area contributed by atoms with Crippen LogP contribution in [-0.2, 0) is 11.3 Å². The number of likely N-dealkylation sites (tertiary alicyclic amines) is 1. The van der Waals surface area contributed by atoms with Crippen molar-refractivity contribution in [2.75, 3.05) is 13.1 Å². The number of piperidine rings is 1. The number of nitrogens with zero attached hydrogens (tertiary/aromatic N) is 1. The van der Waals surface area contributed by atoms with Crippen molar-refractivity contribution in [2.24, 2.45) is 17.8 Å². The fourth-order valence-electron chi connectivity index (χ4n) is 5.15. The molecule has 1 heterocycles. The quantitative estimate of drug-likeness (QED) is 0.662. The third-order valence-electron chi connectivity index (χ3n) is 7.20. The number of carbonyl (C=O) groups is 1. The van der Waals surface area contributed by atoms with Gasteiger partial charge in [-0.15, -0.1) is 0 Å². The minimum atomic E-state index is -0.648. The molecule has 30 heavy (non-hydrogen) atoms. The molecule has 0 unspecified atom stereocenters. The first-order valence-corrected chi connectivity index (χ1v) is 11.6. The van der Waals surface area contributed by atoms with E-state index in [1.165, 1.54) is 29.2 Å². The Labute approximate surface area is 180 Å². The van der Waals surface area contributed by atoms with E-state index in [-0.39, 0.29) is 5.92 Å². The highest BCUT2D eigenvalue weighted by atomic mass is 16.5. The molecule has 1 aliphatic heterocycles. The Morgan fingerprint density at radius 1 is 1.07 bits per heavy atom. The average Bonchev–Trinajstić information content (AvgIpc) is 2.74. The topological polar surface area (TPSA) is 49.8 Å². The highest BCUT2D eigenvalue weighted by molar-refractivity contribution is 5.88. The van der Waals surface area contributed by atoms with E-state index >= 15 is 0 Å². The first-order chi connectivity index (χ1) is 14.5. The Kier molecular flexibility index (Phi) is 6.62. The van der Waals surface area contributed by atoms with Gasteiger partial charge in [0.1, 0.15) is 5.75 Å². The number of benzene rings is 2. The van der Waals surface area contributed by atoms with Crippen LogP contribution in [0.1, 0.15) is 57.9 Å². The fourth-order valence-corrected chi connectivity index (χ4v) is 5.15. The minimum absolute atomic E-state index is 0.173. The van der Waals surface area contributed by atoms with E-state index in [0.717, 1.165) is 62.9 Å². The summed E-state index contributed by atoms with van der Waals surface area (Å²) in [5, 5.41) is 11.6. The molecule has 0 bridgehead atoms. The van der Waals surface area contributed by atoms with Crippen molar-refractivity contribution >= 4 is 16.7 Å². The molecule has 2 fully saturated rings. The van der Waals surface area contributed by atoms with Gasteiger partial charge in [0.25, 0.3) is 0 Å². The highest BCUT2D eigenvalue weighted by Gasteiger charge is 2.25. The summed E-state index contributed by atoms with van der Waals surface area (Å²) < 4.78 is 6.45. The van der Waals surface area contributed by atoms with Crippen molar-refractivity contribution in [3.05, 3.63) is 42.0 Å². The van der Waals surface area contributed by atoms with Crippen molar-refractivity contribution in [2.45, 2.75) is 65.0 Å². The van der Waals surface area contributed by atoms with Crippen LogP contribution in [0.25, 0.3) is 10.8 Å². The molecular formula is C26H35NO3. The second kappa shape index (κ2) is 9.38. The summed E-state index contributed by atoms with van der Waals surface area (Å²) in [5.41, 5.74) is 1.28. The van der Waals surface area contributed by atoms with Crippen molar-refractivity contribution in [1.29, 1.82) is 0 Å². The number of hydrogen-bond donors (Lipinski definition) is 1. The van der Waals surface area contributed by atoms with Crippen LogP contribution < -0.4 is 4.74 Å². The molecule has 4 nitrogen and oxygen atoms in total. The van der Waals surface area contributed by atoms with Crippen molar-refractivity contribution < 1.29 is 14.6 Å². The van der Waals surface area contributed by atoms with Gasteiger partial charge in [0, 0.05) is 11.9 Å². The third kappa shape index (κ3) is 4.97. The smallest absolute Gasteiger partial charge is 0.306 e. The zero-order chi connectivity index (χ0) is 21.1. The number of hydrogen-bond acceptors (Lipinski definition) is 3. The zero-order valence-corrected chi connectivity index (χ0v) is 18.3. The second-order valence-corrected chi connectivity index (χ2v) is 9.60.